The second-order valence-corrected chi connectivity index (χ2v) is 8.35. The van der Waals surface area contributed by atoms with Crippen LogP contribution in [0, 0.1) is 5.92 Å². The maximum atomic E-state index is 12.3. The van der Waals surface area contributed by atoms with E-state index >= 15 is 0 Å². The third kappa shape index (κ3) is 3.84. The van der Waals surface area contributed by atoms with Gasteiger partial charge in [0.25, 0.3) is 0 Å². The minimum Gasteiger partial charge on any atom is -0.481 e. The van der Waals surface area contributed by atoms with Gasteiger partial charge >= 0.3 is 12.1 Å². The van der Waals surface area contributed by atoms with Gasteiger partial charge in [-0.3, -0.25) is 4.79 Å². The number of rotatable bonds is 7. The van der Waals surface area contributed by atoms with Crippen molar-refractivity contribution in [3.05, 3.63) is 71.5 Å². The Bertz CT molecular complexity index is 1110. The van der Waals surface area contributed by atoms with E-state index in [1.807, 2.05) is 30.5 Å². The molecular weight excluding hydrogens is 408 g/mol. The first kappa shape index (κ1) is 20.2. The summed E-state index contributed by atoms with van der Waals surface area (Å²) in [5, 5.41) is 20.0. The fourth-order valence-electron chi connectivity index (χ4n) is 4.55. The van der Waals surface area contributed by atoms with Crippen molar-refractivity contribution in [3.63, 3.8) is 0 Å². The first-order valence-corrected chi connectivity index (χ1v) is 10.8. The summed E-state index contributed by atoms with van der Waals surface area (Å²) in [5.41, 5.74) is 5.50. The number of amides is 1. The molecule has 0 aliphatic heterocycles. The van der Waals surface area contributed by atoms with Crippen LogP contribution in [0.3, 0.4) is 0 Å². The zero-order valence-corrected chi connectivity index (χ0v) is 17.5. The quantitative estimate of drug-likeness (QED) is 0.593. The Labute approximate surface area is 185 Å². The van der Waals surface area contributed by atoms with E-state index in [0.29, 0.717) is 25.8 Å². The first-order chi connectivity index (χ1) is 15.6. The molecule has 0 spiro atoms. The summed E-state index contributed by atoms with van der Waals surface area (Å²) in [6.07, 6.45) is 3.05. The topological polar surface area (TPSA) is 106 Å². The van der Waals surface area contributed by atoms with Crippen molar-refractivity contribution in [1.29, 1.82) is 0 Å². The number of nitrogens with one attached hydrogen (secondary N) is 1. The van der Waals surface area contributed by atoms with Crippen LogP contribution in [-0.4, -0.2) is 45.3 Å². The van der Waals surface area contributed by atoms with Gasteiger partial charge in [-0.15, -0.1) is 5.10 Å². The lowest BCUT2D eigenvalue weighted by atomic mass is 9.80. The third-order valence-electron chi connectivity index (χ3n) is 6.39. The van der Waals surface area contributed by atoms with E-state index in [1.54, 1.807) is 4.68 Å². The monoisotopic (exact) mass is 432 g/mol. The lowest BCUT2D eigenvalue weighted by Gasteiger charge is -2.31. The minimum atomic E-state index is -0.756. The van der Waals surface area contributed by atoms with Gasteiger partial charge in [0.05, 0.1) is 17.7 Å². The summed E-state index contributed by atoms with van der Waals surface area (Å²) in [6.45, 7) is 0.667. The van der Waals surface area contributed by atoms with Crippen molar-refractivity contribution in [2.75, 3.05) is 13.2 Å². The van der Waals surface area contributed by atoms with Crippen LogP contribution in [0.2, 0.25) is 0 Å². The van der Waals surface area contributed by atoms with Crippen molar-refractivity contribution in [3.8, 4) is 11.1 Å². The van der Waals surface area contributed by atoms with Crippen molar-refractivity contribution in [2.45, 2.75) is 31.2 Å². The van der Waals surface area contributed by atoms with Gasteiger partial charge in [0.15, 0.2) is 0 Å². The van der Waals surface area contributed by atoms with Crippen LogP contribution in [0.15, 0.2) is 54.7 Å². The van der Waals surface area contributed by atoms with Crippen molar-refractivity contribution in [2.24, 2.45) is 5.92 Å². The molecule has 3 aromatic rings. The molecule has 0 atom stereocenters. The summed E-state index contributed by atoms with van der Waals surface area (Å²) >= 11 is 0. The molecule has 1 saturated carbocycles. The SMILES string of the molecule is O=C(NCCc1cn(C2CC(C(=O)O)C2)nn1)OCC1c2ccccc2-c2ccccc21. The summed E-state index contributed by atoms with van der Waals surface area (Å²) in [6, 6.07) is 16.5. The molecule has 8 nitrogen and oxygen atoms in total. The molecule has 0 radical (unpaired) electrons. The Morgan fingerprint density at radius 3 is 2.38 bits per heavy atom. The highest BCUT2D eigenvalue weighted by Gasteiger charge is 2.36. The van der Waals surface area contributed by atoms with Crippen molar-refractivity contribution >= 4 is 12.1 Å². The first-order valence-electron chi connectivity index (χ1n) is 10.8. The van der Waals surface area contributed by atoms with Crippen LogP contribution in [0.4, 0.5) is 4.79 Å². The summed E-state index contributed by atoms with van der Waals surface area (Å²) < 4.78 is 7.26. The van der Waals surface area contributed by atoms with E-state index < -0.39 is 12.1 Å². The normalized spacial score (nSPS) is 19.0. The van der Waals surface area contributed by atoms with E-state index in [4.69, 9.17) is 9.84 Å². The van der Waals surface area contributed by atoms with Crippen molar-refractivity contribution < 1.29 is 19.4 Å². The van der Waals surface area contributed by atoms with E-state index in [9.17, 15) is 9.59 Å². The molecule has 164 valence electrons. The molecule has 5 rings (SSSR count). The molecule has 0 unspecified atom stereocenters. The standard InChI is InChI=1S/C24H24N4O4/c29-23(30)15-11-17(12-15)28-13-16(26-27-28)9-10-25-24(31)32-14-22-20-7-3-1-5-18(20)19-6-2-4-8-21(19)22/h1-8,13,15,17,22H,9-12,14H2,(H,25,31)(H,29,30). The van der Waals surface area contributed by atoms with Crippen LogP contribution in [0.1, 0.15) is 41.6 Å². The van der Waals surface area contributed by atoms with Crippen LogP contribution < -0.4 is 5.32 Å². The molecule has 1 amide bonds. The van der Waals surface area contributed by atoms with Gasteiger partial charge in [-0.1, -0.05) is 53.7 Å². The number of carbonyl (C=O) groups excluding carboxylic acids is 1. The molecule has 1 aromatic heterocycles. The molecule has 0 saturated heterocycles. The number of carbonyl (C=O) groups is 2. The molecule has 8 heteroatoms. The Morgan fingerprint density at radius 1 is 1.06 bits per heavy atom. The maximum Gasteiger partial charge on any atom is 0.407 e. The van der Waals surface area contributed by atoms with Crippen LogP contribution in [0.25, 0.3) is 11.1 Å². The van der Waals surface area contributed by atoms with E-state index in [0.717, 1.165) is 5.69 Å². The number of hydrogen-bond acceptors (Lipinski definition) is 5. The highest BCUT2D eigenvalue weighted by atomic mass is 16.5. The number of alkyl carbamates (subject to hydrolysis) is 1. The second-order valence-electron chi connectivity index (χ2n) is 8.35. The summed E-state index contributed by atoms with van der Waals surface area (Å²) in [5.74, 6) is -1.01. The van der Waals surface area contributed by atoms with Gasteiger partial charge in [0.2, 0.25) is 0 Å². The lowest BCUT2D eigenvalue weighted by Crippen LogP contribution is -2.32. The van der Waals surface area contributed by atoms with Crippen molar-refractivity contribution in [1.82, 2.24) is 20.3 Å². The number of nitrogens with zero attached hydrogens (tertiary/aromatic N) is 3. The van der Waals surface area contributed by atoms with Crippen LogP contribution in [-0.2, 0) is 16.0 Å². The summed E-state index contributed by atoms with van der Waals surface area (Å²) in [7, 11) is 0. The molecule has 2 aliphatic carbocycles. The maximum absolute atomic E-state index is 12.3. The number of ether oxygens (including phenoxy) is 1. The van der Waals surface area contributed by atoms with Gasteiger partial charge in [0, 0.05) is 25.1 Å². The predicted octanol–water partition coefficient (Wildman–Crippen LogP) is 3.40. The van der Waals surface area contributed by atoms with Gasteiger partial charge in [-0.2, -0.15) is 0 Å². The molecule has 2 aromatic carbocycles. The molecule has 32 heavy (non-hydrogen) atoms. The molecule has 1 heterocycles. The Hall–Kier alpha value is -3.68. The fraction of sp³-hybridized carbons (Fsp3) is 0.333. The molecule has 0 bridgehead atoms. The Morgan fingerprint density at radius 2 is 1.72 bits per heavy atom. The molecular formula is C24H24N4O4. The number of fused-ring (bicyclic) bond motifs is 3. The zero-order valence-electron chi connectivity index (χ0n) is 17.5. The third-order valence-corrected chi connectivity index (χ3v) is 6.39. The number of aliphatic carboxylic acids is 1. The van der Waals surface area contributed by atoms with Gasteiger partial charge in [0.1, 0.15) is 6.61 Å². The number of carboxylic acids is 1. The molecule has 1 fully saturated rings. The zero-order chi connectivity index (χ0) is 22.1. The minimum absolute atomic E-state index is 0.0325. The smallest absolute Gasteiger partial charge is 0.407 e. The lowest BCUT2D eigenvalue weighted by molar-refractivity contribution is -0.146. The summed E-state index contributed by atoms with van der Waals surface area (Å²) in [4.78, 5) is 23.2. The van der Waals surface area contributed by atoms with Gasteiger partial charge < -0.3 is 15.2 Å². The Kier molecular flexibility index (Phi) is 5.34. The van der Waals surface area contributed by atoms with Crippen LogP contribution in [0.5, 0.6) is 0 Å². The van der Waals surface area contributed by atoms with Gasteiger partial charge in [-0.25, -0.2) is 9.48 Å². The number of hydrogen-bond donors (Lipinski definition) is 2. The second kappa shape index (κ2) is 8.45. The highest BCUT2D eigenvalue weighted by molar-refractivity contribution is 5.79. The number of carboxylic acid groups (broad SMARTS) is 1. The largest absolute Gasteiger partial charge is 0.481 e. The number of benzene rings is 2. The van der Waals surface area contributed by atoms with E-state index in [1.165, 1.54) is 22.3 Å². The number of aromatic nitrogens is 3. The average molecular weight is 432 g/mol. The Balaban J connectivity index is 1.10. The predicted molar refractivity (Wildman–Crippen MR) is 116 cm³/mol. The van der Waals surface area contributed by atoms with E-state index in [-0.39, 0.29) is 24.5 Å². The van der Waals surface area contributed by atoms with Gasteiger partial charge in [-0.05, 0) is 35.1 Å². The average Bonchev–Trinajstić information content (AvgIpc) is 3.34. The molecule has 2 N–H and O–H groups in total. The molecule has 2 aliphatic rings. The van der Waals surface area contributed by atoms with E-state index in [2.05, 4.69) is 39.9 Å². The highest BCUT2D eigenvalue weighted by Crippen LogP contribution is 2.44. The van der Waals surface area contributed by atoms with Crippen LogP contribution >= 0.6 is 0 Å². The fourth-order valence-corrected chi connectivity index (χ4v) is 4.55.